The van der Waals surface area contributed by atoms with E-state index in [4.69, 9.17) is 4.74 Å². The molecule has 18 heavy (non-hydrogen) atoms. The number of fused-ring (bicyclic) bond motifs is 1. The zero-order chi connectivity index (χ0) is 12.4. The first-order chi connectivity index (χ1) is 8.83. The highest BCUT2D eigenvalue weighted by atomic mass is 16.5. The fourth-order valence-electron chi connectivity index (χ4n) is 2.12. The summed E-state index contributed by atoms with van der Waals surface area (Å²) in [6.07, 6.45) is 1.29. The third kappa shape index (κ3) is 2.14. The van der Waals surface area contributed by atoms with E-state index in [0.717, 1.165) is 30.3 Å². The molecule has 0 radical (unpaired) electrons. The van der Waals surface area contributed by atoms with E-state index < -0.39 is 6.10 Å². The number of para-hydroxylation sites is 1. The summed E-state index contributed by atoms with van der Waals surface area (Å²) >= 11 is 0. The molecule has 1 unspecified atom stereocenters. The summed E-state index contributed by atoms with van der Waals surface area (Å²) in [5, 5.41) is 3.87. The summed E-state index contributed by atoms with van der Waals surface area (Å²) in [7, 11) is 0. The van der Waals surface area contributed by atoms with Gasteiger partial charge < -0.3 is 10.1 Å². The third-order valence-corrected chi connectivity index (χ3v) is 3.07. The van der Waals surface area contributed by atoms with E-state index in [9.17, 15) is 4.79 Å². The number of benzene rings is 1. The number of rotatable bonds is 2. The van der Waals surface area contributed by atoms with Crippen molar-refractivity contribution in [2.75, 3.05) is 6.54 Å². The first-order valence-corrected chi connectivity index (χ1v) is 6.13. The molecular formula is C14H14N2O2. The maximum atomic E-state index is 11.6. The van der Waals surface area contributed by atoms with Gasteiger partial charge in [0.1, 0.15) is 0 Å². The number of nitrogens with one attached hydrogen (secondary N) is 1. The molecule has 1 aliphatic rings. The van der Waals surface area contributed by atoms with E-state index in [2.05, 4.69) is 10.3 Å². The van der Waals surface area contributed by atoms with Gasteiger partial charge in [0.05, 0.1) is 5.52 Å². The number of piperidine rings is 1. The predicted octanol–water partition coefficient (Wildman–Crippen LogP) is 1.89. The molecule has 3 rings (SSSR count). The smallest absolute Gasteiger partial charge is 0.261 e. The molecule has 0 bridgehead atoms. The molecule has 0 aliphatic carbocycles. The van der Waals surface area contributed by atoms with Crippen LogP contribution in [-0.2, 0) is 4.79 Å². The van der Waals surface area contributed by atoms with Gasteiger partial charge in [-0.05, 0) is 25.0 Å². The van der Waals surface area contributed by atoms with Crippen LogP contribution in [0.1, 0.15) is 12.8 Å². The van der Waals surface area contributed by atoms with Crippen LogP contribution in [0.2, 0.25) is 0 Å². The molecule has 4 nitrogen and oxygen atoms in total. The molecule has 4 heteroatoms. The van der Waals surface area contributed by atoms with E-state index in [1.807, 2.05) is 36.4 Å². The number of ether oxygens (including phenoxy) is 1. The zero-order valence-electron chi connectivity index (χ0n) is 9.93. The second-order valence-corrected chi connectivity index (χ2v) is 4.38. The number of carbonyl (C=O) groups excluding carboxylic acids is 1. The molecule has 1 aromatic heterocycles. The van der Waals surface area contributed by atoms with Crippen LogP contribution in [-0.4, -0.2) is 23.5 Å². The maximum absolute atomic E-state index is 11.6. The standard InChI is InChI=1S/C14H14N2O2/c17-14-12(6-3-9-15-14)18-13-8-7-10-4-1-2-5-11(10)16-13/h1-2,4-5,7-8,12H,3,6,9H2,(H,15,17). The molecule has 1 amide bonds. The van der Waals surface area contributed by atoms with E-state index in [1.54, 1.807) is 0 Å². The lowest BCUT2D eigenvalue weighted by molar-refractivity contribution is -0.130. The van der Waals surface area contributed by atoms with Crippen molar-refractivity contribution in [3.63, 3.8) is 0 Å². The number of nitrogens with zero attached hydrogens (tertiary/aromatic N) is 1. The summed E-state index contributed by atoms with van der Waals surface area (Å²) in [5.41, 5.74) is 0.881. The van der Waals surface area contributed by atoms with Crippen molar-refractivity contribution in [2.24, 2.45) is 0 Å². The molecular weight excluding hydrogens is 228 g/mol. The third-order valence-electron chi connectivity index (χ3n) is 3.07. The fourth-order valence-corrected chi connectivity index (χ4v) is 2.12. The number of carbonyl (C=O) groups is 1. The normalized spacial score (nSPS) is 19.6. The first-order valence-electron chi connectivity index (χ1n) is 6.13. The molecule has 2 aromatic rings. The largest absolute Gasteiger partial charge is 0.464 e. The van der Waals surface area contributed by atoms with Crippen molar-refractivity contribution in [1.82, 2.24) is 10.3 Å². The van der Waals surface area contributed by atoms with E-state index in [0.29, 0.717) is 5.88 Å². The molecule has 1 aliphatic heterocycles. The molecule has 1 aromatic carbocycles. The summed E-state index contributed by atoms with van der Waals surface area (Å²) in [4.78, 5) is 16.0. The van der Waals surface area contributed by atoms with Crippen molar-refractivity contribution >= 4 is 16.8 Å². The van der Waals surface area contributed by atoms with Crippen LogP contribution in [0.3, 0.4) is 0 Å². The lowest BCUT2D eigenvalue weighted by atomic mass is 10.1. The highest BCUT2D eigenvalue weighted by Crippen LogP contribution is 2.18. The Morgan fingerprint density at radius 1 is 1.22 bits per heavy atom. The second-order valence-electron chi connectivity index (χ2n) is 4.38. The van der Waals surface area contributed by atoms with Crippen LogP contribution in [0.25, 0.3) is 10.9 Å². The number of hydrogen-bond acceptors (Lipinski definition) is 3. The van der Waals surface area contributed by atoms with Crippen LogP contribution in [0.4, 0.5) is 0 Å². The van der Waals surface area contributed by atoms with Crippen molar-refractivity contribution in [3.05, 3.63) is 36.4 Å². The van der Waals surface area contributed by atoms with Gasteiger partial charge in [-0.1, -0.05) is 18.2 Å². The molecule has 0 saturated carbocycles. The Kier molecular flexibility index (Phi) is 2.84. The minimum atomic E-state index is -0.410. The Balaban J connectivity index is 1.83. The highest BCUT2D eigenvalue weighted by Gasteiger charge is 2.23. The van der Waals surface area contributed by atoms with E-state index >= 15 is 0 Å². The molecule has 1 atom stereocenters. The summed E-state index contributed by atoms with van der Waals surface area (Å²) in [6.45, 7) is 0.740. The molecule has 0 spiro atoms. The monoisotopic (exact) mass is 242 g/mol. The predicted molar refractivity (Wildman–Crippen MR) is 68.4 cm³/mol. The maximum Gasteiger partial charge on any atom is 0.261 e. The van der Waals surface area contributed by atoms with Crippen molar-refractivity contribution in [3.8, 4) is 5.88 Å². The van der Waals surface area contributed by atoms with Crippen LogP contribution in [0, 0.1) is 0 Å². The van der Waals surface area contributed by atoms with Crippen LogP contribution >= 0.6 is 0 Å². The first kappa shape index (κ1) is 11.0. The fraction of sp³-hybridized carbons (Fsp3) is 0.286. The van der Waals surface area contributed by atoms with E-state index in [-0.39, 0.29) is 5.91 Å². The van der Waals surface area contributed by atoms with E-state index in [1.165, 1.54) is 0 Å². The van der Waals surface area contributed by atoms with Gasteiger partial charge in [-0.2, -0.15) is 0 Å². The van der Waals surface area contributed by atoms with Crippen molar-refractivity contribution in [2.45, 2.75) is 18.9 Å². The van der Waals surface area contributed by atoms with Gasteiger partial charge >= 0.3 is 0 Å². The lowest BCUT2D eigenvalue weighted by Crippen LogP contribution is -2.43. The molecule has 1 N–H and O–H groups in total. The number of hydrogen-bond donors (Lipinski definition) is 1. The molecule has 2 heterocycles. The van der Waals surface area contributed by atoms with Crippen LogP contribution in [0.15, 0.2) is 36.4 Å². The topological polar surface area (TPSA) is 51.2 Å². The van der Waals surface area contributed by atoms with Gasteiger partial charge in [0.2, 0.25) is 5.88 Å². The van der Waals surface area contributed by atoms with Gasteiger partial charge in [-0.25, -0.2) is 4.98 Å². The number of aromatic nitrogens is 1. The average Bonchev–Trinajstić information content (AvgIpc) is 2.41. The van der Waals surface area contributed by atoms with Gasteiger partial charge in [-0.15, -0.1) is 0 Å². The van der Waals surface area contributed by atoms with Gasteiger partial charge in [-0.3, -0.25) is 4.79 Å². The number of pyridine rings is 1. The van der Waals surface area contributed by atoms with Crippen LogP contribution < -0.4 is 10.1 Å². The summed E-state index contributed by atoms with van der Waals surface area (Å²) in [6, 6.07) is 11.6. The lowest BCUT2D eigenvalue weighted by Gasteiger charge is -2.22. The van der Waals surface area contributed by atoms with Gasteiger partial charge in [0.25, 0.3) is 5.91 Å². The molecule has 92 valence electrons. The Morgan fingerprint density at radius 3 is 3.00 bits per heavy atom. The molecule has 1 saturated heterocycles. The van der Waals surface area contributed by atoms with Crippen molar-refractivity contribution < 1.29 is 9.53 Å². The molecule has 1 fully saturated rings. The van der Waals surface area contributed by atoms with Crippen molar-refractivity contribution in [1.29, 1.82) is 0 Å². The summed E-state index contributed by atoms with van der Waals surface area (Å²) in [5.74, 6) is 0.465. The van der Waals surface area contributed by atoms with Crippen LogP contribution in [0.5, 0.6) is 5.88 Å². The SMILES string of the molecule is O=C1NCCCC1Oc1ccc2ccccc2n1. The Bertz CT molecular complexity index is 583. The second kappa shape index (κ2) is 4.64. The summed E-state index contributed by atoms with van der Waals surface area (Å²) < 4.78 is 5.65. The Hall–Kier alpha value is -2.10. The minimum absolute atomic E-state index is 0.0452. The van der Waals surface area contributed by atoms with Gasteiger partial charge in [0, 0.05) is 18.0 Å². The Labute approximate surface area is 105 Å². The Morgan fingerprint density at radius 2 is 2.11 bits per heavy atom. The highest BCUT2D eigenvalue weighted by molar-refractivity contribution is 5.82. The average molecular weight is 242 g/mol. The number of amides is 1. The van der Waals surface area contributed by atoms with Gasteiger partial charge in [0.15, 0.2) is 6.10 Å². The quantitative estimate of drug-likeness (QED) is 0.875. The minimum Gasteiger partial charge on any atom is -0.464 e. The zero-order valence-corrected chi connectivity index (χ0v) is 9.93.